The Hall–Kier alpha value is -1.26. The molecule has 0 N–H and O–H groups in total. The highest BCUT2D eigenvalue weighted by atomic mass is 35.5. The maximum Gasteiger partial charge on any atom is 0.211 e. The normalized spacial score (nSPS) is 10.5. The molecule has 0 saturated heterocycles. The number of thioether (sulfide) groups is 1. The minimum Gasteiger partial charge on any atom is -0.319 e. The third kappa shape index (κ3) is 2.37. The number of hydrogen-bond acceptors (Lipinski definition) is 3. The predicted octanol–water partition coefficient (Wildman–Crippen LogP) is 3.03. The molecule has 5 heteroatoms. The number of carbonyl (C=O) groups is 1. The van der Waals surface area contributed by atoms with Gasteiger partial charge in [-0.05, 0) is 30.5 Å². The highest BCUT2D eigenvalue weighted by molar-refractivity contribution is 7.98. The number of carbonyl (C=O) groups excluding carboxylic acids is 1. The number of halogens is 1. The van der Waals surface area contributed by atoms with Crippen molar-refractivity contribution in [2.75, 3.05) is 6.26 Å². The molecule has 1 heterocycles. The summed E-state index contributed by atoms with van der Waals surface area (Å²) in [6.07, 6.45) is 3.53. The van der Waals surface area contributed by atoms with Gasteiger partial charge in [0.05, 0.1) is 6.20 Å². The molecule has 0 fully saturated rings. The second-order valence-corrected chi connectivity index (χ2v) is 4.74. The molecule has 2 aromatic rings. The van der Waals surface area contributed by atoms with Crippen LogP contribution in [-0.4, -0.2) is 21.6 Å². The average Bonchev–Trinajstić information content (AvgIpc) is 2.70. The second kappa shape index (κ2) is 4.94. The van der Waals surface area contributed by atoms with Crippen LogP contribution in [0.25, 0.3) is 0 Å². The highest BCUT2D eigenvalue weighted by Gasteiger charge is 2.15. The molecule has 0 spiro atoms. The number of ketones is 1. The van der Waals surface area contributed by atoms with Crippen LogP contribution >= 0.6 is 23.4 Å². The summed E-state index contributed by atoms with van der Waals surface area (Å²) >= 11 is 7.30. The van der Waals surface area contributed by atoms with Crippen LogP contribution in [0.4, 0.5) is 0 Å². The molecule has 3 nitrogen and oxygen atoms in total. The summed E-state index contributed by atoms with van der Waals surface area (Å²) in [5, 5.41) is 1.44. The summed E-state index contributed by atoms with van der Waals surface area (Å²) in [4.78, 5) is 16.4. The second-order valence-electron chi connectivity index (χ2n) is 3.53. The molecule has 0 aliphatic rings. The SMILES string of the molecule is CSc1ncc(C(=O)c2ccc(Cl)cc2)n1C. The number of rotatable bonds is 3. The van der Waals surface area contributed by atoms with Crippen molar-refractivity contribution in [2.24, 2.45) is 7.05 Å². The van der Waals surface area contributed by atoms with Gasteiger partial charge in [0.2, 0.25) is 5.78 Å². The Morgan fingerprint density at radius 2 is 2.00 bits per heavy atom. The Morgan fingerprint density at radius 1 is 1.35 bits per heavy atom. The fourth-order valence-corrected chi connectivity index (χ4v) is 2.20. The molecule has 0 saturated carbocycles. The van der Waals surface area contributed by atoms with E-state index in [0.29, 0.717) is 16.3 Å². The maximum absolute atomic E-state index is 12.2. The molecule has 17 heavy (non-hydrogen) atoms. The summed E-state index contributed by atoms with van der Waals surface area (Å²) in [5.41, 5.74) is 1.20. The van der Waals surface area contributed by atoms with Crippen LogP contribution in [0.1, 0.15) is 16.1 Å². The molecule has 1 aromatic carbocycles. The van der Waals surface area contributed by atoms with Crippen molar-refractivity contribution in [1.82, 2.24) is 9.55 Å². The van der Waals surface area contributed by atoms with Crippen molar-refractivity contribution >= 4 is 29.1 Å². The van der Waals surface area contributed by atoms with E-state index in [4.69, 9.17) is 11.6 Å². The van der Waals surface area contributed by atoms with Crippen LogP contribution in [0.15, 0.2) is 35.6 Å². The Bertz CT molecular complexity index is 548. The van der Waals surface area contributed by atoms with Gasteiger partial charge >= 0.3 is 0 Å². The lowest BCUT2D eigenvalue weighted by Crippen LogP contribution is -2.07. The van der Waals surface area contributed by atoms with Gasteiger partial charge in [-0.3, -0.25) is 4.79 Å². The average molecular weight is 267 g/mol. The summed E-state index contributed by atoms with van der Waals surface area (Å²) in [5.74, 6) is -0.0445. The van der Waals surface area contributed by atoms with Crippen molar-refractivity contribution in [2.45, 2.75) is 5.16 Å². The van der Waals surface area contributed by atoms with E-state index in [1.165, 1.54) is 11.8 Å². The molecule has 1 aromatic heterocycles. The predicted molar refractivity (Wildman–Crippen MR) is 69.9 cm³/mol. The van der Waals surface area contributed by atoms with Crippen LogP contribution in [0.3, 0.4) is 0 Å². The Balaban J connectivity index is 2.37. The number of nitrogens with zero attached hydrogens (tertiary/aromatic N) is 2. The van der Waals surface area contributed by atoms with Crippen LogP contribution < -0.4 is 0 Å². The van der Waals surface area contributed by atoms with Gasteiger partial charge in [-0.15, -0.1) is 0 Å². The van der Waals surface area contributed by atoms with Crippen LogP contribution in [0, 0.1) is 0 Å². The lowest BCUT2D eigenvalue weighted by atomic mass is 10.1. The number of hydrogen-bond donors (Lipinski definition) is 0. The van der Waals surface area contributed by atoms with Crippen molar-refractivity contribution in [3.63, 3.8) is 0 Å². The van der Waals surface area contributed by atoms with Gasteiger partial charge in [0.25, 0.3) is 0 Å². The van der Waals surface area contributed by atoms with E-state index < -0.39 is 0 Å². The van der Waals surface area contributed by atoms with E-state index in [-0.39, 0.29) is 5.78 Å². The molecule has 0 radical (unpaired) electrons. The first-order valence-electron chi connectivity index (χ1n) is 4.99. The number of imidazole rings is 1. The minimum absolute atomic E-state index is 0.0445. The van der Waals surface area contributed by atoms with Crippen molar-refractivity contribution in [3.05, 3.63) is 46.7 Å². The van der Waals surface area contributed by atoms with Gasteiger partial charge in [0.15, 0.2) is 5.16 Å². The Labute approximate surface area is 109 Å². The molecule has 0 bridgehead atoms. The third-order valence-electron chi connectivity index (χ3n) is 2.47. The van der Waals surface area contributed by atoms with Crippen LogP contribution in [0.2, 0.25) is 5.02 Å². The first-order valence-corrected chi connectivity index (χ1v) is 6.59. The fraction of sp³-hybridized carbons (Fsp3) is 0.167. The Morgan fingerprint density at radius 3 is 2.53 bits per heavy atom. The fourth-order valence-electron chi connectivity index (χ4n) is 1.54. The number of benzene rings is 1. The van der Waals surface area contributed by atoms with Crippen LogP contribution in [-0.2, 0) is 7.05 Å². The van der Waals surface area contributed by atoms with E-state index in [1.54, 1.807) is 35.0 Å². The van der Waals surface area contributed by atoms with Gasteiger partial charge in [-0.25, -0.2) is 4.98 Å². The summed E-state index contributed by atoms with van der Waals surface area (Å²) in [6, 6.07) is 6.86. The molecule has 2 rings (SSSR count). The molecule has 88 valence electrons. The number of aromatic nitrogens is 2. The van der Waals surface area contributed by atoms with E-state index >= 15 is 0 Å². The maximum atomic E-state index is 12.2. The molecule has 0 unspecified atom stereocenters. The standard InChI is InChI=1S/C12H11ClN2OS/c1-15-10(7-14-12(15)17-2)11(16)8-3-5-9(13)6-4-8/h3-7H,1-2H3. The summed E-state index contributed by atoms with van der Waals surface area (Å²) < 4.78 is 1.79. The first-order chi connectivity index (χ1) is 8.13. The molecule has 0 aliphatic heterocycles. The van der Waals surface area contributed by atoms with Gasteiger partial charge in [0.1, 0.15) is 5.69 Å². The van der Waals surface area contributed by atoms with Gasteiger partial charge in [-0.2, -0.15) is 0 Å². The summed E-state index contributed by atoms with van der Waals surface area (Å²) in [6.45, 7) is 0. The molecular formula is C12H11ClN2OS. The topological polar surface area (TPSA) is 34.9 Å². The monoisotopic (exact) mass is 266 g/mol. The molecule has 0 atom stereocenters. The molecule has 0 amide bonds. The third-order valence-corrected chi connectivity index (χ3v) is 3.46. The van der Waals surface area contributed by atoms with Gasteiger partial charge in [-0.1, -0.05) is 23.4 Å². The van der Waals surface area contributed by atoms with Crippen molar-refractivity contribution in [3.8, 4) is 0 Å². The van der Waals surface area contributed by atoms with Crippen LogP contribution in [0.5, 0.6) is 0 Å². The van der Waals surface area contributed by atoms with E-state index in [2.05, 4.69) is 4.98 Å². The zero-order valence-electron chi connectivity index (χ0n) is 9.48. The van der Waals surface area contributed by atoms with Crippen molar-refractivity contribution < 1.29 is 4.79 Å². The zero-order chi connectivity index (χ0) is 12.4. The van der Waals surface area contributed by atoms with Crippen molar-refractivity contribution in [1.29, 1.82) is 0 Å². The largest absolute Gasteiger partial charge is 0.319 e. The lowest BCUT2D eigenvalue weighted by molar-refractivity contribution is 0.103. The minimum atomic E-state index is -0.0445. The molecular weight excluding hydrogens is 256 g/mol. The zero-order valence-corrected chi connectivity index (χ0v) is 11.0. The quantitative estimate of drug-likeness (QED) is 0.633. The summed E-state index contributed by atoms with van der Waals surface area (Å²) in [7, 11) is 1.84. The Kier molecular flexibility index (Phi) is 3.54. The van der Waals surface area contributed by atoms with Gasteiger partial charge < -0.3 is 4.57 Å². The van der Waals surface area contributed by atoms with E-state index in [1.807, 2.05) is 13.3 Å². The highest BCUT2D eigenvalue weighted by Crippen LogP contribution is 2.17. The van der Waals surface area contributed by atoms with Gasteiger partial charge in [0, 0.05) is 17.6 Å². The van der Waals surface area contributed by atoms with E-state index in [0.717, 1.165) is 5.16 Å². The molecule has 0 aliphatic carbocycles. The first kappa shape index (κ1) is 12.2. The smallest absolute Gasteiger partial charge is 0.211 e. The lowest BCUT2D eigenvalue weighted by Gasteiger charge is -2.03. The van der Waals surface area contributed by atoms with E-state index in [9.17, 15) is 4.79 Å².